The van der Waals surface area contributed by atoms with Crippen LogP contribution in [0, 0.1) is 0 Å². The Morgan fingerprint density at radius 1 is 1.43 bits per heavy atom. The van der Waals surface area contributed by atoms with E-state index in [9.17, 15) is 18.0 Å². The van der Waals surface area contributed by atoms with E-state index >= 15 is 0 Å². The van der Waals surface area contributed by atoms with Crippen LogP contribution in [0.4, 0.5) is 18.0 Å². The molecule has 8 heteroatoms. The van der Waals surface area contributed by atoms with Gasteiger partial charge in [-0.2, -0.15) is 13.2 Å². The second kappa shape index (κ2) is 5.47. The van der Waals surface area contributed by atoms with E-state index in [2.05, 4.69) is 4.99 Å². The first-order valence-corrected chi connectivity index (χ1v) is 5.98. The molecule has 0 unspecified atom stereocenters. The second-order valence-electron chi connectivity index (χ2n) is 4.15. The molecule has 5 nitrogen and oxygen atoms in total. The minimum Gasteiger partial charge on any atom is -0.463 e. The summed E-state index contributed by atoms with van der Waals surface area (Å²) in [6.45, 7) is 1.76. The van der Waals surface area contributed by atoms with Crippen molar-refractivity contribution in [2.24, 2.45) is 4.99 Å². The number of halogens is 3. The van der Waals surface area contributed by atoms with E-state index in [1.165, 1.54) is 22.9 Å². The average Bonchev–Trinajstić information content (AvgIpc) is 2.80. The molecule has 0 aliphatic heterocycles. The summed E-state index contributed by atoms with van der Waals surface area (Å²) >= 11 is 0. The standard InChI is InChI=1S/C13H11F3N2O3/c1-2-10-7-18(11(21-10)17-12(19)20)9-5-3-4-8(6-9)13(14,15)16/h3-7H,2H2,1H3,(H,19,20)/b17-11+. The van der Waals surface area contributed by atoms with E-state index in [0.29, 0.717) is 12.2 Å². The number of hydrogen-bond acceptors (Lipinski definition) is 2. The summed E-state index contributed by atoms with van der Waals surface area (Å²) < 4.78 is 44.5. The monoisotopic (exact) mass is 300 g/mol. The maximum Gasteiger partial charge on any atom is 0.435 e. The summed E-state index contributed by atoms with van der Waals surface area (Å²) in [5.41, 5.74) is -1.01. The largest absolute Gasteiger partial charge is 0.463 e. The van der Waals surface area contributed by atoms with Crippen molar-refractivity contribution in [3.8, 4) is 5.69 Å². The highest BCUT2D eigenvalue weighted by molar-refractivity contribution is 5.65. The minimum atomic E-state index is -4.49. The lowest BCUT2D eigenvalue weighted by molar-refractivity contribution is -0.137. The number of benzene rings is 1. The summed E-state index contributed by atoms with van der Waals surface area (Å²) in [6.07, 6.45) is -4.11. The number of hydrogen-bond donors (Lipinski definition) is 1. The van der Waals surface area contributed by atoms with E-state index in [4.69, 9.17) is 9.52 Å². The van der Waals surface area contributed by atoms with Crippen molar-refractivity contribution >= 4 is 6.09 Å². The first kappa shape index (κ1) is 14.9. The molecule has 0 bridgehead atoms. The van der Waals surface area contributed by atoms with Gasteiger partial charge >= 0.3 is 18.0 Å². The Bertz CT molecular complexity index is 729. The normalized spacial score (nSPS) is 12.7. The molecule has 21 heavy (non-hydrogen) atoms. The predicted octanol–water partition coefficient (Wildman–Crippen LogP) is 3.23. The van der Waals surface area contributed by atoms with Gasteiger partial charge in [0.1, 0.15) is 5.76 Å². The summed E-state index contributed by atoms with van der Waals surface area (Å²) in [7, 11) is 0. The molecule has 2 aromatic rings. The minimum absolute atomic E-state index is 0.119. The maximum atomic E-state index is 12.7. The van der Waals surface area contributed by atoms with Crippen molar-refractivity contribution in [1.29, 1.82) is 0 Å². The molecular weight excluding hydrogens is 289 g/mol. The van der Waals surface area contributed by atoms with E-state index < -0.39 is 17.8 Å². The SMILES string of the molecule is CCc1cn(-c2cccc(C(F)(F)F)c2)/c(=N\C(=O)O)o1. The molecule has 0 aliphatic carbocycles. The van der Waals surface area contributed by atoms with Crippen molar-refractivity contribution in [3.05, 3.63) is 47.5 Å². The van der Waals surface area contributed by atoms with Gasteiger partial charge in [0.05, 0.1) is 17.4 Å². The Kier molecular flexibility index (Phi) is 3.88. The van der Waals surface area contributed by atoms with Gasteiger partial charge in [0.25, 0.3) is 0 Å². The van der Waals surface area contributed by atoms with Crippen LogP contribution in [0.2, 0.25) is 0 Å². The number of aryl methyl sites for hydroxylation is 1. The molecule has 112 valence electrons. The third-order valence-corrected chi connectivity index (χ3v) is 2.69. The number of rotatable bonds is 2. The van der Waals surface area contributed by atoms with Gasteiger partial charge < -0.3 is 9.52 Å². The lowest BCUT2D eigenvalue weighted by Gasteiger charge is -2.08. The van der Waals surface area contributed by atoms with E-state index in [-0.39, 0.29) is 11.4 Å². The van der Waals surface area contributed by atoms with Crippen molar-refractivity contribution in [2.75, 3.05) is 0 Å². The van der Waals surface area contributed by atoms with E-state index in [1.54, 1.807) is 6.92 Å². The molecule has 0 radical (unpaired) electrons. The van der Waals surface area contributed by atoms with Crippen LogP contribution in [0.5, 0.6) is 0 Å². The molecule has 0 fully saturated rings. The Labute approximate surface area is 117 Å². The molecular formula is C13H11F3N2O3. The highest BCUT2D eigenvalue weighted by Crippen LogP contribution is 2.30. The number of nitrogens with zero attached hydrogens (tertiary/aromatic N) is 2. The summed E-state index contributed by atoms with van der Waals surface area (Å²) in [5, 5.41) is 8.68. The van der Waals surface area contributed by atoms with Crippen LogP contribution in [0.15, 0.2) is 39.9 Å². The molecule has 1 aromatic heterocycles. The maximum absolute atomic E-state index is 12.7. The number of aromatic nitrogens is 1. The first-order chi connectivity index (χ1) is 9.81. The number of carbonyl (C=O) groups is 1. The molecule has 0 spiro atoms. The van der Waals surface area contributed by atoms with Gasteiger partial charge in [-0.05, 0) is 18.2 Å². The van der Waals surface area contributed by atoms with Crippen molar-refractivity contribution in [1.82, 2.24) is 4.57 Å². The molecule has 1 amide bonds. The molecule has 1 aromatic carbocycles. The van der Waals surface area contributed by atoms with Crippen LogP contribution in [0.1, 0.15) is 18.2 Å². The van der Waals surface area contributed by atoms with Crippen LogP contribution in [0.25, 0.3) is 5.69 Å². The van der Waals surface area contributed by atoms with Crippen LogP contribution in [0.3, 0.4) is 0 Å². The Morgan fingerprint density at radius 2 is 2.14 bits per heavy atom. The highest BCUT2D eigenvalue weighted by atomic mass is 19.4. The van der Waals surface area contributed by atoms with Crippen LogP contribution >= 0.6 is 0 Å². The van der Waals surface area contributed by atoms with Crippen molar-refractivity contribution in [2.45, 2.75) is 19.5 Å². The fraction of sp³-hybridized carbons (Fsp3) is 0.231. The number of alkyl halides is 3. The fourth-order valence-electron chi connectivity index (χ4n) is 1.73. The zero-order valence-electron chi connectivity index (χ0n) is 10.9. The van der Waals surface area contributed by atoms with Gasteiger partial charge in [-0.15, -0.1) is 4.99 Å². The van der Waals surface area contributed by atoms with E-state index in [1.807, 2.05) is 0 Å². The van der Waals surface area contributed by atoms with Gasteiger partial charge in [-0.3, -0.25) is 4.57 Å². The Hall–Kier alpha value is -2.51. The van der Waals surface area contributed by atoms with Crippen LogP contribution in [-0.2, 0) is 12.6 Å². The van der Waals surface area contributed by atoms with E-state index in [0.717, 1.165) is 12.1 Å². The summed E-state index contributed by atoms with van der Waals surface area (Å²) in [6, 6.07) is 4.47. The van der Waals surface area contributed by atoms with Crippen molar-refractivity contribution < 1.29 is 27.5 Å². The van der Waals surface area contributed by atoms with Gasteiger partial charge in [-0.25, -0.2) is 4.79 Å². The van der Waals surface area contributed by atoms with Gasteiger partial charge in [0.15, 0.2) is 0 Å². The third-order valence-electron chi connectivity index (χ3n) is 2.69. The number of oxazole rings is 1. The molecule has 0 aliphatic rings. The predicted molar refractivity (Wildman–Crippen MR) is 66.0 cm³/mol. The molecule has 0 saturated heterocycles. The zero-order valence-corrected chi connectivity index (χ0v) is 10.9. The highest BCUT2D eigenvalue weighted by Gasteiger charge is 2.30. The smallest absolute Gasteiger partial charge is 0.435 e. The molecule has 0 saturated carbocycles. The lowest BCUT2D eigenvalue weighted by Crippen LogP contribution is -2.16. The fourth-order valence-corrected chi connectivity index (χ4v) is 1.73. The molecule has 2 rings (SSSR count). The van der Waals surface area contributed by atoms with Gasteiger partial charge in [0, 0.05) is 6.42 Å². The molecule has 0 atom stereocenters. The number of carboxylic acid groups (broad SMARTS) is 1. The Morgan fingerprint density at radius 3 is 2.71 bits per heavy atom. The van der Waals surface area contributed by atoms with Gasteiger partial charge in [-0.1, -0.05) is 13.0 Å². The summed E-state index contributed by atoms with van der Waals surface area (Å²) in [4.78, 5) is 13.9. The number of amides is 1. The first-order valence-electron chi connectivity index (χ1n) is 5.98. The van der Waals surface area contributed by atoms with Crippen LogP contribution < -0.4 is 5.68 Å². The average molecular weight is 300 g/mol. The van der Waals surface area contributed by atoms with Crippen molar-refractivity contribution in [3.63, 3.8) is 0 Å². The van der Waals surface area contributed by atoms with Crippen LogP contribution in [-0.4, -0.2) is 15.8 Å². The lowest BCUT2D eigenvalue weighted by atomic mass is 10.2. The summed E-state index contributed by atoms with van der Waals surface area (Å²) in [5.74, 6) is 0.410. The second-order valence-corrected chi connectivity index (χ2v) is 4.15. The topological polar surface area (TPSA) is 67.7 Å². The van der Waals surface area contributed by atoms with Gasteiger partial charge in [0.2, 0.25) is 0 Å². The third kappa shape index (κ3) is 3.33. The quantitative estimate of drug-likeness (QED) is 0.925. The zero-order chi connectivity index (χ0) is 15.6. The molecule has 1 heterocycles. The molecule has 1 N–H and O–H groups in total. The Balaban J connectivity index is 2.62.